The zero-order valence-corrected chi connectivity index (χ0v) is 28.7. The van der Waals surface area contributed by atoms with Gasteiger partial charge in [-0.1, -0.05) is 53.7 Å². The van der Waals surface area contributed by atoms with Crippen molar-refractivity contribution in [3.05, 3.63) is 63.1 Å². The molecule has 0 aromatic heterocycles. The Kier molecular flexibility index (Phi) is 11.8. The predicted molar refractivity (Wildman–Crippen MR) is 189 cm³/mol. The Labute approximate surface area is 288 Å². The molecule has 2 N–H and O–H groups in total. The molecule has 47 heavy (non-hydrogen) atoms. The van der Waals surface area contributed by atoms with Gasteiger partial charge in [0.15, 0.2) is 6.10 Å². The molecule has 256 valence electrons. The number of urea groups is 1. The smallest absolute Gasteiger partial charge is 0.410 e. The number of aryl methyl sites for hydroxylation is 2. The van der Waals surface area contributed by atoms with Crippen molar-refractivity contribution in [3.8, 4) is 0 Å². The van der Waals surface area contributed by atoms with Crippen LogP contribution >= 0.6 is 15.9 Å². The van der Waals surface area contributed by atoms with E-state index in [9.17, 15) is 14.4 Å². The first-order valence-electron chi connectivity index (χ1n) is 16.9. The van der Waals surface area contributed by atoms with Crippen LogP contribution in [0, 0.1) is 13.8 Å². The summed E-state index contributed by atoms with van der Waals surface area (Å²) in [6.45, 7) is 11.2. The van der Waals surface area contributed by atoms with Crippen LogP contribution in [-0.2, 0) is 22.4 Å². The highest BCUT2D eigenvalue weighted by Gasteiger charge is 2.36. The number of hydrogen-bond acceptors (Lipinski definition) is 6. The molecule has 4 aliphatic rings. The molecule has 11 heteroatoms. The molecule has 1 atom stereocenters. The van der Waals surface area contributed by atoms with Crippen molar-refractivity contribution in [2.75, 3.05) is 64.2 Å². The number of para-hydroxylation sites is 1. The lowest BCUT2D eigenvalue weighted by Crippen LogP contribution is -2.54. The SMILES string of the molecule is C.Cc1cc(C[C@@H](OC(=O)N2CCC(N3CCc4ccccc4NC3=O)CC2)C(=O)N2CCC(N3CCNCC3)CC2)cc(C)c1Br. The predicted octanol–water partition coefficient (Wildman–Crippen LogP) is 5.20. The summed E-state index contributed by atoms with van der Waals surface area (Å²) < 4.78 is 7.15. The molecule has 0 aliphatic carbocycles. The van der Waals surface area contributed by atoms with Crippen molar-refractivity contribution >= 4 is 39.6 Å². The molecule has 4 aliphatic heterocycles. The molecule has 0 spiro atoms. The van der Waals surface area contributed by atoms with Gasteiger partial charge in [0.2, 0.25) is 0 Å². The van der Waals surface area contributed by atoms with E-state index in [0.717, 1.165) is 77.9 Å². The third-order valence-corrected chi connectivity index (χ3v) is 11.4. The van der Waals surface area contributed by atoms with Crippen LogP contribution in [0.3, 0.4) is 0 Å². The van der Waals surface area contributed by atoms with Gasteiger partial charge in [-0.25, -0.2) is 9.59 Å². The molecular formula is C36H51BrN6O4. The molecule has 4 amide bonds. The quantitative estimate of drug-likeness (QED) is 0.428. The molecule has 0 radical (unpaired) electrons. The first-order chi connectivity index (χ1) is 22.3. The number of halogens is 1. The van der Waals surface area contributed by atoms with Crippen molar-refractivity contribution in [1.29, 1.82) is 0 Å². The van der Waals surface area contributed by atoms with E-state index in [-0.39, 0.29) is 25.4 Å². The third kappa shape index (κ3) is 8.29. The van der Waals surface area contributed by atoms with E-state index < -0.39 is 12.2 Å². The van der Waals surface area contributed by atoms with Crippen molar-refractivity contribution in [1.82, 2.24) is 24.9 Å². The fraction of sp³-hybridized carbons (Fsp3) is 0.583. The minimum absolute atomic E-state index is 0. The first-order valence-corrected chi connectivity index (χ1v) is 17.7. The molecule has 3 saturated heterocycles. The lowest BCUT2D eigenvalue weighted by Gasteiger charge is -2.41. The van der Waals surface area contributed by atoms with Crippen molar-refractivity contribution in [3.63, 3.8) is 0 Å². The Morgan fingerprint density at radius 1 is 0.894 bits per heavy atom. The number of ether oxygens (including phenoxy) is 1. The fourth-order valence-corrected chi connectivity index (χ4v) is 7.77. The Morgan fingerprint density at radius 3 is 2.19 bits per heavy atom. The molecule has 0 bridgehead atoms. The number of amides is 4. The lowest BCUT2D eigenvalue weighted by molar-refractivity contribution is -0.142. The van der Waals surface area contributed by atoms with E-state index in [1.54, 1.807) is 4.90 Å². The Morgan fingerprint density at radius 2 is 1.51 bits per heavy atom. The van der Waals surface area contributed by atoms with Crippen molar-refractivity contribution in [2.24, 2.45) is 0 Å². The molecule has 10 nitrogen and oxygen atoms in total. The molecule has 3 fully saturated rings. The largest absolute Gasteiger partial charge is 0.436 e. The number of piperidine rings is 2. The normalized spacial score (nSPS) is 20.5. The molecule has 0 saturated carbocycles. The number of likely N-dealkylation sites (tertiary alicyclic amines) is 2. The number of nitrogens with one attached hydrogen (secondary N) is 2. The summed E-state index contributed by atoms with van der Waals surface area (Å²) in [7, 11) is 0. The molecule has 0 unspecified atom stereocenters. The van der Waals surface area contributed by atoms with Gasteiger partial charge in [-0.2, -0.15) is 0 Å². The average molecular weight is 712 g/mol. The molecule has 4 heterocycles. The number of hydrogen-bond donors (Lipinski definition) is 2. The van der Waals surface area contributed by atoms with E-state index in [0.29, 0.717) is 58.0 Å². The lowest BCUT2D eigenvalue weighted by atomic mass is 9.99. The number of benzene rings is 2. The standard InChI is InChI=1S/C35H47BrN6O4.CH4/c1-24-21-26(22-25(2)32(24)36)23-31(33(43)40-14-8-28(9-15-40)39-19-12-37-13-20-39)46-35(45)41-16-10-29(11-17-41)42-18-7-27-5-3-4-6-30(27)38-34(42)44;/h3-6,21-22,28-29,31,37H,7-20,23H2,1-2H3,(H,38,44);1H4/t31-;/m1./s1. The summed E-state index contributed by atoms with van der Waals surface area (Å²) in [6.07, 6.45) is 2.99. The summed E-state index contributed by atoms with van der Waals surface area (Å²) in [4.78, 5) is 48.7. The zero-order valence-electron chi connectivity index (χ0n) is 27.1. The first kappa shape index (κ1) is 35.2. The maximum Gasteiger partial charge on any atom is 0.410 e. The number of fused-ring (bicyclic) bond motifs is 1. The van der Waals surface area contributed by atoms with Crippen LogP contribution in [0.5, 0.6) is 0 Å². The van der Waals surface area contributed by atoms with E-state index in [1.165, 1.54) is 0 Å². The number of carbonyl (C=O) groups is 3. The zero-order chi connectivity index (χ0) is 32.2. The van der Waals surface area contributed by atoms with Crippen molar-refractivity contribution in [2.45, 2.75) is 78.0 Å². The molecular weight excluding hydrogens is 660 g/mol. The highest BCUT2D eigenvalue weighted by atomic mass is 79.9. The number of rotatable bonds is 6. The number of carbonyl (C=O) groups excluding carboxylic acids is 3. The van der Waals surface area contributed by atoms with Crippen LogP contribution in [0.4, 0.5) is 15.3 Å². The Balaban J connectivity index is 0.00000433. The maximum atomic E-state index is 14.0. The van der Waals surface area contributed by atoms with Crippen LogP contribution in [0.1, 0.15) is 55.4 Å². The Hall–Kier alpha value is -3.15. The second kappa shape index (κ2) is 15.8. The van der Waals surface area contributed by atoms with Crippen LogP contribution in [0.25, 0.3) is 0 Å². The number of piperazine rings is 1. The minimum atomic E-state index is -0.893. The van der Waals surface area contributed by atoms with Gasteiger partial charge >= 0.3 is 12.1 Å². The summed E-state index contributed by atoms with van der Waals surface area (Å²) in [5.41, 5.74) is 5.17. The monoisotopic (exact) mass is 710 g/mol. The topological polar surface area (TPSA) is 97.5 Å². The summed E-state index contributed by atoms with van der Waals surface area (Å²) >= 11 is 3.65. The van der Waals surface area contributed by atoms with Gasteiger partial charge in [-0.15, -0.1) is 0 Å². The van der Waals surface area contributed by atoms with E-state index in [2.05, 4.69) is 49.7 Å². The summed E-state index contributed by atoms with van der Waals surface area (Å²) in [6, 6.07) is 12.5. The summed E-state index contributed by atoms with van der Waals surface area (Å²) in [5, 5.41) is 6.48. The number of anilines is 1. The maximum absolute atomic E-state index is 14.0. The van der Waals surface area contributed by atoms with Crippen LogP contribution in [0.15, 0.2) is 40.9 Å². The van der Waals surface area contributed by atoms with Crippen LogP contribution in [-0.4, -0.2) is 115 Å². The second-order valence-corrected chi connectivity index (χ2v) is 14.0. The van der Waals surface area contributed by atoms with Gasteiger partial charge in [0.05, 0.1) is 0 Å². The fourth-order valence-electron chi connectivity index (χ4n) is 7.54. The molecule has 6 rings (SSSR count). The molecule has 2 aromatic rings. The van der Waals surface area contributed by atoms with Crippen LogP contribution in [0.2, 0.25) is 0 Å². The second-order valence-electron chi connectivity index (χ2n) is 13.2. The highest BCUT2D eigenvalue weighted by molar-refractivity contribution is 9.10. The van der Waals surface area contributed by atoms with Gasteiger partial charge in [0.25, 0.3) is 5.91 Å². The highest BCUT2D eigenvalue weighted by Crippen LogP contribution is 2.27. The van der Waals surface area contributed by atoms with Gasteiger partial charge < -0.3 is 30.1 Å². The average Bonchev–Trinajstić information content (AvgIpc) is 3.25. The van der Waals surface area contributed by atoms with Crippen LogP contribution < -0.4 is 10.6 Å². The Bertz CT molecular complexity index is 1390. The van der Waals surface area contributed by atoms with Gasteiger partial charge in [0.1, 0.15) is 0 Å². The van der Waals surface area contributed by atoms with E-state index in [1.807, 2.05) is 41.8 Å². The minimum Gasteiger partial charge on any atom is -0.436 e. The van der Waals surface area contributed by atoms with Gasteiger partial charge in [0, 0.05) is 87.6 Å². The van der Waals surface area contributed by atoms with E-state index in [4.69, 9.17) is 4.74 Å². The molecule has 2 aromatic carbocycles. The van der Waals surface area contributed by atoms with Crippen molar-refractivity contribution < 1.29 is 19.1 Å². The van der Waals surface area contributed by atoms with E-state index >= 15 is 0 Å². The number of nitrogens with zero attached hydrogens (tertiary/aromatic N) is 4. The summed E-state index contributed by atoms with van der Waals surface area (Å²) in [5.74, 6) is -0.110. The van der Waals surface area contributed by atoms with Gasteiger partial charge in [-0.3, -0.25) is 9.69 Å². The third-order valence-electron chi connectivity index (χ3n) is 10.2. The van der Waals surface area contributed by atoms with Gasteiger partial charge in [-0.05, 0) is 74.3 Å².